The van der Waals surface area contributed by atoms with Gasteiger partial charge in [-0.1, -0.05) is 30.3 Å². The van der Waals surface area contributed by atoms with Gasteiger partial charge in [-0.05, 0) is 25.1 Å². The molecule has 1 aliphatic heterocycles. The summed E-state index contributed by atoms with van der Waals surface area (Å²) < 4.78 is 8.31. The van der Waals surface area contributed by atoms with Gasteiger partial charge in [-0.3, -0.25) is 9.67 Å². The number of rotatable bonds is 3. The predicted octanol–water partition coefficient (Wildman–Crippen LogP) is 3.03. The highest BCUT2D eigenvalue weighted by Crippen LogP contribution is 2.21. The fourth-order valence-corrected chi connectivity index (χ4v) is 2.71. The molecule has 1 atom stereocenters. The Morgan fingerprint density at radius 2 is 2.21 bits per heavy atom. The van der Waals surface area contributed by atoms with Crippen LogP contribution in [0.25, 0.3) is 11.4 Å². The molecule has 2 heterocycles. The summed E-state index contributed by atoms with van der Waals surface area (Å²) in [7, 11) is 0. The fraction of sp³-hybridized carbons (Fsp3) is 0.429. The van der Waals surface area contributed by atoms with Crippen molar-refractivity contribution < 1.29 is 4.74 Å². The average Bonchev–Trinajstić information content (AvgIpc) is 2.82. The number of aromatic amines is 1. The minimum atomic E-state index is 0.528. The average molecular weight is 275 g/mol. The molecule has 1 saturated heterocycles. The summed E-state index contributed by atoms with van der Waals surface area (Å²) in [5, 5.41) is 7.26. The van der Waals surface area contributed by atoms with E-state index in [0.717, 1.165) is 37.6 Å². The zero-order valence-corrected chi connectivity index (χ0v) is 11.5. The van der Waals surface area contributed by atoms with Crippen molar-refractivity contribution in [1.82, 2.24) is 14.8 Å². The maximum atomic E-state index is 5.54. The Labute approximate surface area is 117 Å². The van der Waals surface area contributed by atoms with Gasteiger partial charge < -0.3 is 4.74 Å². The third-order valence-electron chi connectivity index (χ3n) is 3.49. The van der Waals surface area contributed by atoms with E-state index in [1.807, 2.05) is 18.2 Å². The summed E-state index contributed by atoms with van der Waals surface area (Å²) in [4.78, 5) is 0. The van der Waals surface area contributed by atoms with Gasteiger partial charge in [0.1, 0.15) is 0 Å². The van der Waals surface area contributed by atoms with Crippen LogP contribution in [0.5, 0.6) is 0 Å². The molecule has 1 aliphatic rings. The van der Waals surface area contributed by atoms with Gasteiger partial charge in [-0.15, -0.1) is 0 Å². The van der Waals surface area contributed by atoms with Gasteiger partial charge in [0.05, 0.1) is 6.61 Å². The second-order valence-corrected chi connectivity index (χ2v) is 5.30. The van der Waals surface area contributed by atoms with Gasteiger partial charge >= 0.3 is 0 Å². The Morgan fingerprint density at radius 1 is 1.37 bits per heavy atom. The SMILES string of the molecule is S=c1[nH]nc(-c2ccccc2)n1CC1CCCOC1. The van der Waals surface area contributed by atoms with Crippen LogP contribution in [-0.4, -0.2) is 28.0 Å². The van der Waals surface area contributed by atoms with Gasteiger partial charge in [-0.25, -0.2) is 0 Å². The number of benzene rings is 1. The van der Waals surface area contributed by atoms with E-state index in [-0.39, 0.29) is 0 Å². The van der Waals surface area contributed by atoms with Crippen molar-refractivity contribution in [3.8, 4) is 11.4 Å². The van der Waals surface area contributed by atoms with E-state index in [2.05, 4.69) is 26.9 Å². The van der Waals surface area contributed by atoms with Crippen LogP contribution in [0.3, 0.4) is 0 Å². The normalized spacial score (nSPS) is 19.5. The number of hydrogen-bond acceptors (Lipinski definition) is 3. The van der Waals surface area contributed by atoms with Crippen LogP contribution in [-0.2, 0) is 11.3 Å². The molecule has 0 spiro atoms. The molecule has 0 saturated carbocycles. The van der Waals surface area contributed by atoms with Crippen LogP contribution in [0.15, 0.2) is 30.3 Å². The lowest BCUT2D eigenvalue weighted by atomic mass is 10.0. The molecule has 4 nitrogen and oxygen atoms in total. The standard InChI is InChI=1S/C14H17N3OS/c19-14-16-15-13(12-6-2-1-3-7-12)17(14)9-11-5-4-8-18-10-11/h1-3,6-7,11H,4-5,8-10H2,(H,16,19). The van der Waals surface area contributed by atoms with Crippen LogP contribution in [0.4, 0.5) is 0 Å². The van der Waals surface area contributed by atoms with Crippen LogP contribution >= 0.6 is 12.2 Å². The number of aromatic nitrogens is 3. The van der Waals surface area contributed by atoms with Gasteiger partial charge in [-0.2, -0.15) is 5.10 Å². The molecule has 1 aromatic heterocycles. The molecule has 1 unspecified atom stereocenters. The fourth-order valence-electron chi connectivity index (χ4n) is 2.50. The predicted molar refractivity (Wildman–Crippen MR) is 76.4 cm³/mol. The molecule has 19 heavy (non-hydrogen) atoms. The third kappa shape index (κ3) is 2.77. The number of nitrogens with zero attached hydrogens (tertiary/aromatic N) is 2. The van der Waals surface area contributed by atoms with Crippen molar-refractivity contribution in [3.63, 3.8) is 0 Å². The molecule has 0 radical (unpaired) electrons. The zero-order valence-electron chi connectivity index (χ0n) is 10.7. The number of nitrogens with one attached hydrogen (secondary N) is 1. The summed E-state index contributed by atoms with van der Waals surface area (Å²) in [6, 6.07) is 10.1. The third-order valence-corrected chi connectivity index (χ3v) is 3.80. The molecule has 0 amide bonds. The Balaban J connectivity index is 1.88. The summed E-state index contributed by atoms with van der Waals surface area (Å²) in [6.07, 6.45) is 2.33. The van der Waals surface area contributed by atoms with Crippen molar-refractivity contribution in [3.05, 3.63) is 35.1 Å². The molecular weight excluding hydrogens is 258 g/mol. The monoisotopic (exact) mass is 275 g/mol. The Hall–Kier alpha value is -1.46. The Bertz CT molecular complexity index is 584. The molecule has 2 aromatic rings. The van der Waals surface area contributed by atoms with Gasteiger partial charge in [0, 0.05) is 24.6 Å². The summed E-state index contributed by atoms with van der Waals surface area (Å²) in [5.41, 5.74) is 1.09. The largest absolute Gasteiger partial charge is 0.381 e. The van der Waals surface area contributed by atoms with Crippen molar-refractivity contribution in [1.29, 1.82) is 0 Å². The molecule has 1 N–H and O–H groups in total. The van der Waals surface area contributed by atoms with Crippen LogP contribution < -0.4 is 0 Å². The molecule has 5 heteroatoms. The van der Waals surface area contributed by atoms with Crippen LogP contribution in [0.1, 0.15) is 12.8 Å². The molecule has 1 aromatic carbocycles. The van der Waals surface area contributed by atoms with Crippen molar-refractivity contribution >= 4 is 12.2 Å². The molecule has 3 rings (SSSR count). The first-order chi connectivity index (χ1) is 9.34. The summed E-state index contributed by atoms with van der Waals surface area (Å²) in [6.45, 7) is 2.58. The summed E-state index contributed by atoms with van der Waals surface area (Å²) >= 11 is 5.35. The second kappa shape index (κ2) is 5.67. The molecular formula is C14H17N3OS. The maximum Gasteiger partial charge on any atom is 0.195 e. The molecule has 100 valence electrons. The lowest BCUT2D eigenvalue weighted by Crippen LogP contribution is -2.22. The van der Waals surface area contributed by atoms with Crippen molar-refractivity contribution in [2.24, 2.45) is 5.92 Å². The number of hydrogen-bond donors (Lipinski definition) is 1. The van der Waals surface area contributed by atoms with Crippen molar-refractivity contribution in [2.45, 2.75) is 19.4 Å². The number of H-pyrrole nitrogens is 1. The maximum absolute atomic E-state index is 5.54. The van der Waals surface area contributed by atoms with E-state index in [1.54, 1.807) is 0 Å². The highest BCUT2D eigenvalue weighted by molar-refractivity contribution is 7.71. The zero-order chi connectivity index (χ0) is 13.1. The first kappa shape index (κ1) is 12.6. The first-order valence-corrected chi connectivity index (χ1v) is 7.04. The Morgan fingerprint density at radius 3 is 2.95 bits per heavy atom. The second-order valence-electron chi connectivity index (χ2n) is 4.91. The molecule has 0 aliphatic carbocycles. The van der Waals surface area contributed by atoms with E-state index in [1.165, 1.54) is 6.42 Å². The lowest BCUT2D eigenvalue weighted by Gasteiger charge is -2.22. The van der Waals surface area contributed by atoms with E-state index >= 15 is 0 Å². The highest BCUT2D eigenvalue weighted by atomic mass is 32.1. The van der Waals surface area contributed by atoms with Gasteiger partial charge in [0.2, 0.25) is 0 Å². The van der Waals surface area contributed by atoms with Gasteiger partial charge in [0.15, 0.2) is 10.6 Å². The van der Waals surface area contributed by atoms with Gasteiger partial charge in [0.25, 0.3) is 0 Å². The van der Waals surface area contributed by atoms with Crippen molar-refractivity contribution in [2.75, 3.05) is 13.2 Å². The minimum Gasteiger partial charge on any atom is -0.381 e. The topological polar surface area (TPSA) is 42.8 Å². The smallest absolute Gasteiger partial charge is 0.195 e. The highest BCUT2D eigenvalue weighted by Gasteiger charge is 2.17. The van der Waals surface area contributed by atoms with E-state index in [9.17, 15) is 0 Å². The van der Waals surface area contributed by atoms with E-state index in [4.69, 9.17) is 17.0 Å². The van der Waals surface area contributed by atoms with E-state index in [0.29, 0.717) is 10.7 Å². The number of ether oxygens (including phenoxy) is 1. The van der Waals surface area contributed by atoms with Crippen LogP contribution in [0, 0.1) is 10.7 Å². The van der Waals surface area contributed by atoms with E-state index < -0.39 is 0 Å². The van der Waals surface area contributed by atoms with Crippen LogP contribution in [0.2, 0.25) is 0 Å². The Kier molecular flexibility index (Phi) is 3.75. The quantitative estimate of drug-likeness (QED) is 0.876. The molecule has 1 fully saturated rings. The summed E-state index contributed by atoms with van der Waals surface area (Å²) in [5.74, 6) is 1.44. The minimum absolute atomic E-state index is 0.528. The molecule has 0 bridgehead atoms. The first-order valence-electron chi connectivity index (χ1n) is 6.63. The lowest BCUT2D eigenvalue weighted by molar-refractivity contribution is 0.0483.